The Morgan fingerprint density at radius 1 is 1.39 bits per heavy atom. The second kappa shape index (κ2) is 7.53. The molecule has 1 heterocycles. The lowest BCUT2D eigenvalue weighted by Crippen LogP contribution is -2.31. The first kappa shape index (κ1) is 15.2. The molecule has 18 heavy (non-hydrogen) atoms. The number of hydrogen-bond acceptors (Lipinski definition) is 5. The molecule has 1 aromatic heterocycles. The molecule has 0 saturated carbocycles. The van der Waals surface area contributed by atoms with Crippen LogP contribution in [0.15, 0.2) is 10.7 Å². The first-order valence-electron chi connectivity index (χ1n) is 6.21. The molecular weight excluding hydrogens is 294 g/mol. The van der Waals surface area contributed by atoms with E-state index in [1.54, 1.807) is 6.20 Å². The lowest BCUT2D eigenvalue weighted by Gasteiger charge is -2.20. The van der Waals surface area contributed by atoms with Crippen molar-refractivity contribution < 1.29 is 0 Å². The van der Waals surface area contributed by atoms with Crippen molar-refractivity contribution in [2.24, 2.45) is 0 Å². The Morgan fingerprint density at radius 2 is 2.11 bits per heavy atom. The smallest absolute Gasteiger partial charge is 0.224 e. The minimum Gasteiger partial charge on any atom is -0.367 e. The highest BCUT2D eigenvalue weighted by Crippen LogP contribution is 2.20. The number of aromatic nitrogens is 2. The minimum atomic E-state index is 0.443. The van der Waals surface area contributed by atoms with Gasteiger partial charge in [-0.25, -0.2) is 4.98 Å². The molecule has 1 aromatic rings. The third kappa shape index (κ3) is 4.78. The zero-order valence-corrected chi connectivity index (χ0v) is 13.1. The molecule has 0 spiro atoms. The maximum Gasteiger partial charge on any atom is 0.224 e. The predicted molar refractivity (Wildman–Crippen MR) is 80.2 cm³/mol. The van der Waals surface area contributed by atoms with Crippen LogP contribution in [0.2, 0.25) is 0 Å². The highest BCUT2D eigenvalue weighted by Gasteiger charge is 2.08. The van der Waals surface area contributed by atoms with Gasteiger partial charge < -0.3 is 15.5 Å². The Kier molecular flexibility index (Phi) is 6.35. The molecule has 6 heteroatoms. The first-order chi connectivity index (χ1) is 8.54. The summed E-state index contributed by atoms with van der Waals surface area (Å²) in [6, 6.07) is 0.443. The summed E-state index contributed by atoms with van der Waals surface area (Å²) in [5.74, 6) is 1.50. The number of anilines is 2. The van der Waals surface area contributed by atoms with E-state index < -0.39 is 0 Å². The fourth-order valence-electron chi connectivity index (χ4n) is 1.24. The molecule has 2 N–H and O–H groups in total. The van der Waals surface area contributed by atoms with Crippen molar-refractivity contribution >= 4 is 27.7 Å². The van der Waals surface area contributed by atoms with E-state index in [4.69, 9.17) is 0 Å². The van der Waals surface area contributed by atoms with Gasteiger partial charge in [0.25, 0.3) is 0 Å². The van der Waals surface area contributed by atoms with E-state index in [9.17, 15) is 0 Å². The Morgan fingerprint density at radius 3 is 2.72 bits per heavy atom. The van der Waals surface area contributed by atoms with Crippen molar-refractivity contribution in [3.63, 3.8) is 0 Å². The van der Waals surface area contributed by atoms with Crippen molar-refractivity contribution in [2.45, 2.75) is 26.3 Å². The number of rotatable bonds is 7. The fourth-order valence-corrected chi connectivity index (χ4v) is 1.57. The lowest BCUT2D eigenvalue weighted by atomic mass is 10.3. The van der Waals surface area contributed by atoms with Crippen LogP contribution in [0.3, 0.4) is 0 Å². The fraction of sp³-hybridized carbons (Fsp3) is 0.667. The summed E-state index contributed by atoms with van der Waals surface area (Å²) in [5, 5.41) is 6.51. The number of hydrogen-bond donors (Lipinski definition) is 2. The molecule has 0 saturated heterocycles. The van der Waals surface area contributed by atoms with Crippen LogP contribution in [0.25, 0.3) is 0 Å². The van der Waals surface area contributed by atoms with Gasteiger partial charge in [0, 0.05) is 25.3 Å². The average molecular weight is 316 g/mol. The van der Waals surface area contributed by atoms with Crippen molar-refractivity contribution in [3.05, 3.63) is 10.7 Å². The molecule has 0 aliphatic rings. The van der Waals surface area contributed by atoms with Gasteiger partial charge in [-0.1, -0.05) is 6.92 Å². The normalized spacial score (nSPS) is 12.6. The summed E-state index contributed by atoms with van der Waals surface area (Å²) >= 11 is 3.46. The van der Waals surface area contributed by atoms with Gasteiger partial charge in [-0.05, 0) is 43.4 Å². The average Bonchev–Trinajstić information content (AvgIpc) is 2.35. The lowest BCUT2D eigenvalue weighted by molar-refractivity contribution is 0.326. The highest BCUT2D eigenvalue weighted by atomic mass is 79.9. The highest BCUT2D eigenvalue weighted by molar-refractivity contribution is 9.10. The van der Waals surface area contributed by atoms with Crippen LogP contribution in [0.1, 0.15) is 20.3 Å². The molecule has 1 unspecified atom stereocenters. The van der Waals surface area contributed by atoms with Crippen LogP contribution in [-0.4, -0.2) is 48.1 Å². The van der Waals surface area contributed by atoms with E-state index in [1.165, 1.54) is 0 Å². The number of nitrogens with one attached hydrogen (secondary N) is 2. The van der Waals surface area contributed by atoms with Gasteiger partial charge in [0.05, 0.1) is 4.47 Å². The maximum absolute atomic E-state index is 4.44. The van der Waals surface area contributed by atoms with Gasteiger partial charge in [0.15, 0.2) is 0 Å². The van der Waals surface area contributed by atoms with Crippen molar-refractivity contribution in [1.29, 1.82) is 0 Å². The Hall–Kier alpha value is -0.880. The molecular formula is C12H22BrN5. The van der Waals surface area contributed by atoms with E-state index in [1.807, 2.05) is 0 Å². The molecule has 1 atom stereocenters. The standard InChI is InChI=1S/C12H22BrN5/c1-5-6-14-12-16-8-10(13)11(17-12)15-7-9(2)18(3)4/h8-9H,5-7H2,1-4H3,(H2,14,15,16,17). The van der Waals surface area contributed by atoms with E-state index in [2.05, 4.69) is 69.4 Å². The van der Waals surface area contributed by atoms with Crippen LogP contribution >= 0.6 is 15.9 Å². The largest absolute Gasteiger partial charge is 0.367 e. The third-order valence-corrected chi connectivity index (χ3v) is 3.30. The SMILES string of the molecule is CCCNc1ncc(Br)c(NCC(C)N(C)C)n1. The van der Waals surface area contributed by atoms with Gasteiger partial charge in [-0.15, -0.1) is 0 Å². The molecule has 0 aliphatic heterocycles. The molecule has 0 aliphatic carbocycles. The quantitative estimate of drug-likeness (QED) is 0.809. The molecule has 0 aromatic carbocycles. The number of nitrogens with zero attached hydrogens (tertiary/aromatic N) is 3. The Balaban J connectivity index is 2.63. The van der Waals surface area contributed by atoms with Crippen LogP contribution in [0.4, 0.5) is 11.8 Å². The topological polar surface area (TPSA) is 53.1 Å². The molecule has 5 nitrogen and oxygen atoms in total. The summed E-state index contributed by atoms with van der Waals surface area (Å²) in [7, 11) is 4.13. The van der Waals surface area contributed by atoms with Gasteiger partial charge in [-0.2, -0.15) is 4.98 Å². The number of likely N-dealkylation sites (N-methyl/N-ethyl adjacent to an activating group) is 1. The molecule has 1 rings (SSSR count). The van der Waals surface area contributed by atoms with Crippen molar-refractivity contribution in [3.8, 4) is 0 Å². The zero-order valence-electron chi connectivity index (χ0n) is 11.5. The summed E-state index contributed by atoms with van der Waals surface area (Å²) in [6.45, 7) is 6.01. The van der Waals surface area contributed by atoms with Crippen LogP contribution in [0.5, 0.6) is 0 Å². The summed E-state index contributed by atoms with van der Waals surface area (Å²) in [4.78, 5) is 10.8. The van der Waals surface area contributed by atoms with E-state index >= 15 is 0 Å². The summed E-state index contributed by atoms with van der Waals surface area (Å²) in [6.07, 6.45) is 2.83. The van der Waals surface area contributed by atoms with Gasteiger partial charge >= 0.3 is 0 Å². The third-order valence-electron chi connectivity index (χ3n) is 2.72. The second-order valence-corrected chi connectivity index (χ2v) is 5.36. The van der Waals surface area contributed by atoms with Crippen molar-refractivity contribution in [1.82, 2.24) is 14.9 Å². The molecule has 102 valence electrons. The monoisotopic (exact) mass is 315 g/mol. The molecule has 0 amide bonds. The first-order valence-corrected chi connectivity index (χ1v) is 7.00. The van der Waals surface area contributed by atoms with Crippen LogP contribution in [-0.2, 0) is 0 Å². The Bertz CT molecular complexity index is 369. The molecule has 0 radical (unpaired) electrons. The van der Waals surface area contributed by atoms with Crippen molar-refractivity contribution in [2.75, 3.05) is 37.8 Å². The predicted octanol–water partition coefficient (Wildman–Crippen LogP) is 2.42. The summed E-state index contributed by atoms with van der Waals surface area (Å²) < 4.78 is 0.885. The zero-order chi connectivity index (χ0) is 13.5. The number of halogens is 1. The van der Waals surface area contributed by atoms with Crippen LogP contribution < -0.4 is 10.6 Å². The van der Waals surface area contributed by atoms with Crippen LogP contribution in [0, 0.1) is 0 Å². The van der Waals surface area contributed by atoms with E-state index in [0.29, 0.717) is 12.0 Å². The summed E-state index contributed by atoms with van der Waals surface area (Å²) in [5.41, 5.74) is 0. The Labute approximate surface area is 118 Å². The molecule has 0 fully saturated rings. The van der Waals surface area contributed by atoms with E-state index in [-0.39, 0.29) is 0 Å². The van der Waals surface area contributed by atoms with Gasteiger partial charge in [0.2, 0.25) is 5.95 Å². The minimum absolute atomic E-state index is 0.443. The van der Waals surface area contributed by atoms with Gasteiger partial charge in [-0.3, -0.25) is 0 Å². The maximum atomic E-state index is 4.44. The van der Waals surface area contributed by atoms with E-state index in [0.717, 1.165) is 29.8 Å². The molecule has 0 bridgehead atoms. The second-order valence-electron chi connectivity index (χ2n) is 4.51. The van der Waals surface area contributed by atoms with Gasteiger partial charge in [0.1, 0.15) is 5.82 Å².